The van der Waals surface area contributed by atoms with E-state index in [1.807, 2.05) is 6.08 Å². The Kier molecular flexibility index (Phi) is 52.1. The van der Waals surface area contributed by atoms with E-state index in [0.717, 1.165) is 57.8 Å². The zero-order valence-electron chi connectivity index (χ0n) is 42.8. The van der Waals surface area contributed by atoms with Gasteiger partial charge in [0.15, 0.2) is 0 Å². The average Bonchev–Trinajstić information content (AvgIpc) is 3.29. The summed E-state index contributed by atoms with van der Waals surface area (Å²) in [7, 11) is 0. The van der Waals surface area contributed by atoms with Gasteiger partial charge in [0.25, 0.3) is 0 Å². The van der Waals surface area contributed by atoms with E-state index in [-0.39, 0.29) is 18.5 Å². The van der Waals surface area contributed by atoms with Gasteiger partial charge in [0, 0.05) is 12.8 Å². The van der Waals surface area contributed by atoms with Crippen molar-refractivity contribution >= 4 is 11.9 Å². The van der Waals surface area contributed by atoms with Crippen molar-refractivity contribution in [1.82, 2.24) is 5.32 Å². The summed E-state index contributed by atoms with van der Waals surface area (Å²) in [5.41, 5.74) is 0. The van der Waals surface area contributed by atoms with Crippen LogP contribution in [0.25, 0.3) is 0 Å². The third-order valence-electron chi connectivity index (χ3n) is 12.9. The topological polar surface area (TPSA) is 95.9 Å². The zero-order valence-corrected chi connectivity index (χ0v) is 42.8. The smallest absolute Gasteiger partial charge is 0.305 e. The minimum absolute atomic E-state index is 0.00607. The van der Waals surface area contributed by atoms with Gasteiger partial charge < -0.3 is 20.3 Å². The molecule has 0 bridgehead atoms. The van der Waals surface area contributed by atoms with E-state index in [4.69, 9.17) is 4.74 Å². The van der Waals surface area contributed by atoms with Crippen LogP contribution in [0.4, 0.5) is 0 Å². The van der Waals surface area contributed by atoms with Crippen LogP contribution < -0.4 is 5.32 Å². The van der Waals surface area contributed by atoms with Gasteiger partial charge in [-0.15, -0.1) is 0 Å². The summed E-state index contributed by atoms with van der Waals surface area (Å²) in [6, 6.07) is -0.636. The fourth-order valence-electron chi connectivity index (χ4n) is 8.50. The van der Waals surface area contributed by atoms with Crippen molar-refractivity contribution in [2.24, 2.45) is 0 Å². The standard InChI is InChI=1S/C58H109NO5/c1-3-5-7-9-11-13-15-17-18-19-22-25-28-32-36-40-44-48-52-58(63)64-53-49-45-41-37-33-29-26-23-20-21-24-27-31-35-39-43-47-51-57(62)59-55(54-60)56(61)50-46-42-38-34-30-16-14-12-10-8-6-4-2/h18-20,23,46,50,55-56,60-61H,3-17,21-22,24-45,47-49,51-54H2,1-2H3,(H,59,62)/b19-18-,23-20-,50-46+. The molecule has 0 saturated heterocycles. The van der Waals surface area contributed by atoms with Gasteiger partial charge in [-0.3, -0.25) is 9.59 Å². The molecule has 0 aromatic carbocycles. The van der Waals surface area contributed by atoms with Crippen LogP contribution in [0.1, 0.15) is 296 Å². The fourth-order valence-corrected chi connectivity index (χ4v) is 8.50. The maximum atomic E-state index is 12.4. The van der Waals surface area contributed by atoms with Crippen molar-refractivity contribution < 1.29 is 24.5 Å². The minimum atomic E-state index is -0.851. The number of unbranched alkanes of at least 4 members (excludes halogenated alkanes) is 37. The van der Waals surface area contributed by atoms with Crippen molar-refractivity contribution in [2.75, 3.05) is 13.2 Å². The number of nitrogens with one attached hydrogen (secondary N) is 1. The lowest BCUT2D eigenvalue weighted by molar-refractivity contribution is -0.143. The summed E-state index contributed by atoms with van der Waals surface area (Å²) in [6.45, 7) is 4.87. The highest BCUT2D eigenvalue weighted by atomic mass is 16.5. The summed E-state index contributed by atoms with van der Waals surface area (Å²) in [4.78, 5) is 24.5. The Morgan fingerprint density at radius 2 is 0.734 bits per heavy atom. The molecule has 376 valence electrons. The Morgan fingerprint density at radius 1 is 0.422 bits per heavy atom. The highest BCUT2D eigenvalue weighted by molar-refractivity contribution is 5.76. The normalized spacial score (nSPS) is 12.9. The van der Waals surface area contributed by atoms with Gasteiger partial charge in [-0.1, -0.05) is 237 Å². The van der Waals surface area contributed by atoms with Crippen molar-refractivity contribution in [3.05, 3.63) is 36.5 Å². The number of allylic oxidation sites excluding steroid dienone is 5. The second-order valence-electron chi connectivity index (χ2n) is 19.3. The van der Waals surface area contributed by atoms with E-state index in [2.05, 4.69) is 43.5 Å². The van der Waals surface area contributed by atoms with Crippen molar-refractivity contribution in [2.45, 2.75) is 309 Å². The van der Waals surface area contributed by atoms with E-state index < -0.39 is 12.1 Å². The molecule has 0 rings (SSSR count). The molecule has 6 heteroatoms. The van der Waals surface area contributed by atoms with Crippen LogP contribution in [0.15, 0.2) is 36.5 Å². The first-order chi connectivity index (χ1) is 31.5. The quantitative estimate of drug-likeness (QED) is 0.0321. The molecular formula is C58H109NO5. The first-order valence-corrected chi connectivity index (χ1v) is 28.3. The van der Waals surface area contributed by atoms with Crippen LogP contribution in [-0.2, 0) is 14.3 Å². The largest absolute Gasteiger partial charge is 0.466 e. The molecule has 3 N–H and O–H groups in total. The predicted molar refractivity (Wildman–Crippen MR) is 278 cm³/mol. The number of aliphatic hydroxyl groups excluding tert-OH is 2. The van der Waals surface area contributed by atoms with Crippen molar-refractivity contribution in [3.8, 4) is 0 Å². The molecule has 1 amide bonds. The summed E-state index contributed by atoms with van der Waals surface area (Å²) in [6.07, 6.45) is 65.9. The molecule has 0 spiro atoms. The van der Waals surface area contributed by atoms with Crippen LogP contribution in [0.2, 0.25) is 0 Å². The number of amides is 1. The summed E-state index contributed by atoms with van der Waals surface area (Å²) in [5.74, 6) is -0.0872. The lowest BCUT2D eigenvalue weighted by Crippen LogP contribution is -2.45. The van der Waals surface area contributed by atoms with Gasteiger partial charge >= 0.3 is 5.97 Å². The Labute approximate surface area is 398 Å². The average molecular weight is 901 g/mol. The number of carbonyl (C=O) groups excluding carboxylic acids is 2. The second-order valence-corrected chi connectivity index (χ2v) is 19.3. The van der Waals surface area contributed by atoms with Crippen LogP contribution in [0.5, 0.6) is 0 Å². The predicted octanol–water partition coefficient (Wildman–Crippen LogP) is 17.2. The van der Waals surface area contributed by atoms with Gasteiger partial charge in [0.2, 0.25) is 5.91 Å². The second kappa shape index (κ2) is 53.7. The zero-order chi connectivity index (χ0) is 46.5. The lowest BCUT2D eigenvalue weighted by Gasteiger charge is -2.20. The lowest BCUT2D eigenvalue weighted by atomic mass is 10.1. The van der Waals surface area contributed by atoms with Crippen molar-refractivity contribution in [1.29, 1.82) is 0 Å². The molecule has 0 aliphatic carbocycles. The van der Waals surface area contributed by atoms with E-state index in [9.17, 15) is 19.8 Å². The number of hydrogen-bond donors (Lipinski definition) is 3. The van der Waals surface area contributed by atoms with Crippen LogP contribution in [0, 0.1) is 0 Å². The molecule has 6 nitrogen and oxygen atoms in total. The summed E-state index contributed by atoms with van der Waals surface area (Å²) in [5, 5.41) is 23.0. The monoisotopic (exact) mass is 900 g/mol. The molecule has 0 saturated carbocycles. The Bertz CT molecular complexity index is 1040. The fraction of sp³-hybridized carbons (Fsp3) is 0.862. The molecular weight excluding hydrogens is 791 g/mol. The molecule has 0 aliphatic heterocycles. The maximum absolute atomic E-state index is 12.4. The molecule has 2 unspecified atom stereocenters. The first-order valence-electron chi connectivity index (χ1n) is 28.3. The number of carbonyl (C=O) groups is 2. The highest BCUT2D eigenvalue weighted by Gasteiger charge is 2.18. The van der Waals surface area contributed by atoms with Crippen LogP contribution in [0.3, 0.4) is 0 Å². The molecule has 0 fully saturated rings. The molecule has 0 heterocycles. The number of hydrogen-bond acceptors (Lipinski definition) is 5. The third kappa shape index (κ3) is 49.5. The van der Waals surface area contributed by atoms with E-state index in [1.54, 1.807) is 6.08 Å². The molecule has 0 aromatic rings. The molecule has 2 atom stereocenters. The molecule has 0 aromatic heterocycles. The summed E-state index contributed by atoms with van der Waals surface area (Å²) >= 11 is 0. The summed E-state index contributed by atoms with van der Waals surface area (Å²) < 4.78 is 5.48. The molecule has 0 radical (unpaired) electrons. The van der Waals surface area contributed by atoms with Gasteiger partial charge in [-0.2, -0.15) is 0 Å². The Balaban J connectivity index is 3.46. The SMILES string of the molecule is CCCCCCCCC/C=C\CCCCCCCCCC(=O)OCCCCCCCC/C=C\CCCCCCCCCC(=O)NC(CO)C(O)/C=C/CCCCCCCCCCCC. The van der Waals surface area contributed by atoms with Crippen LogP contribution in [-0.4, -0.2) is 47.4 Å². The molecule has 64 heavy (non-hydrogen) atoms. The van der Waals surface area contributed by atoms with Gasteiger partial charge in [0.1, 0.15) is 0 Å². The first kappa shape index (κ1) is 62.1. The highest BCUT2D eigenvalue weighted by Crippen LogP contribution is 2.15. The van der Waals surface area contributed by atoms with E-state index >= 15 is 0 Å². The Morgan fingerprint density at radius 3 is 1.11 bits per heavy atom. The van der Waals surface area contributed by atoms with Gasteiger partial charge in [-0.25, -0.2) is 0 Å². The van der Waals surface area contributed by atoms with Gasteiger partial charge in [0.05, 0.1) is 25.4 Å². The number of rotatable bonds is 52. The Hall–Kier alpha value is -1.92. The van der Waals surface area contributed by atoms with Gasteiger partial charge in [-0.05, 0) is 83.5 Å². The minimum Gasteiger partial charge on any atom is -0.466 e. The van der Waals surface area contributed by atoms with Crippen molar-refractivity contribution in [3.63, 3.8) is 0 Å². The van der Waals surface area contributed by atoms with E-state index in [0.29, 0.717) is 19.4 Å². The number of esters is 1. The number of aliphatic hydroxyl groups is 2. The maximum Gasteiger partial charge on any atom is 0.305 e. The third-order valence-corrected chi connectivity index (χ3v) is 12.9. The van der Waals surface area contributed by atoms with Crippen LogP contribution >= 0.6 is 0 Å². The molecule has 0 aliphatic rings. The number of ether oxygens (including phenoxy) is 1. The van der Waals surface area contributed by atoms with E-state index in [1.165, 1.54) is 212 Å².